The molecule has 0 radical (unpaired) electrons. The van der Waals surface area contributed by atoms with Crippen LogP contribution in [0.4, 0.5) is 0 Å². The van der Waals surface area contributed by atoms with E-state index in [0.29, 0.717) is 6.54 Å². The number of amides is 1. The van der Waals surface area contributed by atoms with Crippen LogP contribution in [0.5, 0.6) is 0 Å². The Kier molecular flexibility index (Phi) is 5.80. The van der Waals surface area contributed by atoms with Gasteiger partial charge in [-0.15, -0.1) is 0 Å². The van der Waals surface area contributed by atoms with Gasteiger partial charge >= 0.3 is 0 Å². The van der Waals surface area contributed by atoms with E-state index < -0.39 is 0 Å². The summed E-state index contributed by atoms with van der Waals surface area (Å²) >= 11 is 0. The average Bonchev–Trinajstić information content (AvgIpc) is 2.38. The molecule has 0 heterocycles. The first-order valence-corrected chi connectivity index (χ1v) is 6.44. The molecule has 1 aliphatic rings. The summed E-state index contributed by atoms with van der Waals surface area (Å²) in [6.45, 7) is 2.93. The molecule has 0 aromatic carbocycles. The van der Waals surface area contributed by atoms with Gasteiger partial charge in [-0.2, -0.15) is 0 Å². The standard InChI is InChI=1S/C12H23N3O2/c1-2-8-15(9-11(13)14-17)12(16)10-6-4-3-5-7-10/h10,17H,2-9H2,1H3,(H2,13,14). The van der Waals surface area contributed by atoms with E-state index in [2.05, 4.69) is 5.16 Å². The Morgan fingerprint density at radius 1 is 1.41 bits per heavy atom. The topological polar surface area (TPSA) is 78.9 Å². The number of hydrogen-bond donors (Lipinski definition) is 2. The molecule has 0 atom stereocenters. The van der Waals surface area contributed by atoms with Gasteiger partial charge in [0, 0.05) is 12.5 Å². The molecule has 5 nitrogen and oxygen atoms in total. The highest BCUT2D eigenvalue weighted by Gasteiger charge is 2.25. The lowest BCUT2D eigenvalue weighted by atomic mass is 9.88. The maximum Gasteiger partial charge on any atom is 0.226 e. The highest BCUT2D eigenvalue weighted by molar-refractivity contribution is 5.87. The summed E-state index contributed by atoms with van der Waals surface area (Å²) in [5, 5.41) is 11.5. The van der Waals surface area contributed by atoms with Gasteiger partial charge in [0.25, 0.3) is 0 Å². The SMILES string of the molecule is CCCN(CC(N)=NO)C(=O)C1CCCCC1. The third-order valence-electron chi connectivity index (χ3n) is 3.24. The van der Waals surface area contributed by atoms with Gasteiger partial charge in [-0.05, 0) is 19.3 Å². The number of nitrogens with zero attached hydrogens (tertiary/aromatic N) is 2. The Labute approximate surface area is 103 Å². The normalized spacial score (nSPS) is 18.1. The molecule has 98 valence electrons. The number of hydrogen-bond acceptors (Lipinski definition) is 3. The van der Waals surface area contributed by atoms with E-state index in [0.717, 1.165) is 32.1 Å². The Hall–Kier alpha value is -1.26. The summed E-state index contributed by atoms with van der Waals surface area (Å²) in [7, 11) is 0. The van der Waals surface area contributed by atoms with Gasteiger partial charge < -0.3 is 15.8 Å². The van der Waals surface area contributed by atoms with E-state index in [1.165, 1.54) is 6.42 Å². The lowest BCUT2D eigenvalue weighted by molar-refractivity contribution is -0.135. The van der Waals surface area contributed by atoms with Crippen molar-refractivity contribution in [3.8, 4) is 0 Å². The molecular formula is C12H23N3O2. The van der Waals surface area contributed by atoms with Gasteiger partial charge in [-0.3, -0.25) is 4.79 Å². The maximum absolute atomic E-state index is 12.3. The van der Waals surface area contributed by atoms with Crippen molar-refractivity contribution in [2.45, 2.75) is 45.4 Å². The first kappa shape index (κ1) is 13.8. The van der Waals surface area contributed by atoms with Crippen molar-refractivity contribution in [2.75, 3.05) is 13.1 Å². The van der Waals surface area contributed by atoms with Crippen LogP contribution in [0, 0.1) is 5.92 Å². The number of carbonyl (C=O) groups is 1. The first-order valence-electron chi connectivity index (χ1n) is 6.44. The van der Waals surface area contributed by atoms with Crippen LogP contribution in [0.1, 0.15) is 45.4 Å². The molecule has 3 N–H and O–H groups in total. The summed E-state index contributed by atoms with van der Waals surface area (Å²) in [6.07, 6.45) is 6.36. The van der Waals surface area contributed by atoms with E-state index >= 15 is 0 Å². The van der Waals surface area contributed by atoms with E-state index in [1.54, 1.807) is 4.90 Å². The number of oxime groups is 1. The molecule has 0 aromatic heterocycles. The fourth-order valence-corrected chi connectivity index (χ4v) is 2.37. The predicted octanol–water partition coefficient (Wildman–Crippen LogP) is 1.55. The first-order chi connectivity index (χ1) is 8.19. The van der Waals surface area contributed by atoms with E-state index in [1.807, 2.05) is 6.92 Å². The van der Waals surface area contributed by atoms with Crippen LogP contribution in [-0.4, -0.2) is 34.9 Å². The molecule has 0 aliphatic heterocycles. The third kappa shape index (κ3) is 4.24. The zero-order chi connectivity index (χ0) is 12.7. The highest BCUT2D eigenvalue weighted by atomic mass is 16.4. The van der Waals surface area contributed by atoms with Crippen molar-refractivity contribution in [2.24, 2.45) is 16.8 Å². The minimum Gasteiger partial charge on any atom is -0.409 e. The van der Waals surface area contributed by atoms with Crippen molar-refractivity contribution >= 4 is 11.7 Å². The molecule has 0 aromatic rings. The van der Waals surface area contributed by atoms with Gasteiger partial charge in [0.1, 0.15) is 0 Å². The summed E-state index contributed by atoms with van der Waals surface area (Å²) in [5.41, 5.74) is 5.48. The van der Waals surface area contributed by atoms with Gasteiger partial charge in [0.15, 0.2) is 5.84 Å². The Morgan fingerprint density at radius 2 is 2.06 bits per heavy atom. The monoisotopic (exact) mass is 241 g/mol. The Bertz CT molecular complexity index is 273. The average molecular weight is 241 g/mol. The highest BCUT2D eigenvalue weighted by Crippen LogP contribution is 2.25. The summed E-state index contributed by atoms with van der Waals surface area (Å²) in [5.74, 6) is 0.405. The zero-order valence-corrected chi connectivity index (χ0v) is 10.6. The molecule has 17 heavy (non-hydrogen) atoms. The fraction of sp³-hybridized carbons (Fsp3) is 0.833. The third-order valence-corrected chi connectivity index (χ3v) is 3.24. The van der Waals surface area contributed by atoms with Crippen molar-refractivity contribution in [3.63, 3.8) is 0 Å². The maximum atomic E-state index is 12.3. The van der Waals surface area contributed by atoms with Gasteiger partial charge in [-0.1, -0.05) is 31.3 Å². The van der Waals surface area contributed by atoms with Crippen LogP contribution in [0.15, 0.2) is 5.16 Å². The van der Waals surface area contributed by atoms with Crippen molar-refractivity contribution in [1.29, 1.82) is 0 Å². The molecule has 0 unspecified atom stereocenters. The second-order valence-electron chi connectivity index (χ2n) is 4.69. The summed E-state index contributed by atoms with van der Waals surface area (Å²) < 4.78 is 0. The number of carbonyl (C=O) groups excluding carboxylic acids is 1. The van der Waals surface area contributed by atoms with Gasteiger partial charge in [-0.25, -0.2) is 0 Å². The zero-order valence-electron chi connectivity index (χ0n) is 10.6. The van der Waals surface area contributed by atoms with Crippen LogP contribution in [0.3, 0.4) is 0 Å². The molecule has 0 bridgehead atoms. The Balaban J connectivity index is 2.58. The van der Waals surface area contributed by atoms with Crippen LogP contribution < -0.4 is 5.73 Å². The summed E-state index contributed by atoms with van der Waals surface area (Å²) in [6, 6.07) is 0. The quantitative estimate of drug-likeness (QED) is 0.332. The molecule has 0 saturated heterocycles. The number of amidine groups is 1. The second kappa shape index (κ2) is 7.14. The second-order valence-corrected chi connectivity index (χ2v) is 4.69. The molecule has 5 heteroatoms. The molecule has 1 fully saturated rings. The molecule has 0 spiro atoms. The largest absolute Gasteiger partial charge is 0.409 e. The van der Waals surface area contributed by atoms with Gasteiger partial charge in [0.05, 0.1) is 6.54 Å². The van der Waals surface area contributed by atoms with Crippen molar-refractivity contribution in [1.82, 2.24) is 4.90 Å². The Morgan fingerprint density at radius 3 is 2.59 bits per heavy atom. The minimum atomic E-state index is 0.0996. The van der Waals surface area contributed by atoms with Crippen LogP contribution in [0.25, 0.3) is 0 Å². The molecule has 1 rings (SSSR count). The molecule has 1 saturated carbocycles. The van der Waals surface area contributed by atoms with Crippen molar-refractivity contribution in [3.05, 3.63) is 0 Å². The van der Waals surface area contributed by atoms with Crippen LogP contribution >= 0.6 is 0 Å². The van der Waals surface area contributed by atoms with Gasteiger partial charge in [0.2, 0.25) is 5.91 Å². The lowest BCUT2D eigenvalue weighted by Gasteiger charge is -2.28. The van der Waals surface area contributed by atoms with E-state index in [9.17, 15) is 4.79 Å². The van der Waals surface area contributed by atoms with Crippen LogP contribution in [0.2, 0.25) is 0 Å². The smallest absolute Gasteiger partial charge is 0.226 e. The lowest BCUT2D eigenvalue weighted by Crippen LogP contribution is -2.42. The minimum absolute atomic E-state index is 0.0996. The molecule has 1 amide bonds. The van der Waals surface area contributed by atoms with E-state index in [4.69, 9.17) is 10.9 Å². The van der Waals surface area contributed by atoms with E-state index in [-0.39, 0.29) is 24.2 Å². The summed E-state index contributed by atoms with van der Waals surface area (Å²) in [4.78, 5) is 14.0. The molecule has 1 aliphatic carbocycles. The van der Waals surface area contributed by atoms with Crippen molar-refractivity contribution < 1.29 is 10.0 Å². The number of rotatable bonds is 5. The number of nitrogens with two attached hydrogens (primary N) is 1. The fourth-order valence-electron chi connectivity index (χ4n) is 2.37. The van der Waals surface area contributed by atoms with Crippen LogP contribution in [-0.2, 0) is 4.79 Å². The molecular weight excluding hydrogens is 218 g/mol. The predicted molar refractivity (Wildman–Crippen MR) is 66.9 cm³/mol.